The molecule has 1 aromatic carbocycles. The number of benzene rings is 1. The molecule has 4 rings (SSSR count). The van der Waals surface area contributed by atoms with Gasteiger partial charge >= 0.3 is 5.97 Å². The highest BCUT2D eigenvalue weighted by atomic mass is 35.5. The van der Waals surface area contributed by atoms with Crippen LogP contribution in [0.3, 0.4) is 0 Å². The molecule has 3 aromatic heterocycles. The number of hydrogen-bond acceptors (Lipinski definition) is 6. The SMILES string of the molecule is O=C(/C=C\c1c(Cl)nc2sccn12)OCc1csc(-c2ccccc2Cl)n1. The molecule has 3 heterocycles. The summed E-state index contributed by atoms with van der Waals surface area (Å²) < 4.78 is 7.07. The Morgan fingerprint density at radius 1 is 1.22 bits per heavy atom. The Morgan fingerprint density at radius 2 is 2.07 bits per heavy atom. The minimum Gasteiger partial charge on any atom is -0.456 e. The summed E-state index contributed by atoms with van der Waals surface area (Å²) in [6.45, 7) is 0.0815. The zero-order chi connectivity index (χ0) is 18.8. The van der Waals surface area contributed by atoms with Crippen molar-refractivity contribution in [3.05, 3.63) is 68.9 Å². The van der Waals surface area contributed by atoms with Crippen LogP contribution >= 0.6 is 45.9 Å². The maximum atomic E-state index is 12.0. The van der Waals surface area contributed by atoms with Gasteiger partial charge < -0.3 is 4.74 Å². The van der Waals surface area contributed by atoms with E-state index in [1.54, 1.807) is 6.08 Å². The number of esters is 1. The van der Waals surface area contributed by atoms with Crippen molar-refractivity contribution in [2.75, 3.05) is 0 Å². The molecule has 0 N–H and O–H groups in total. The first-order chi connectivity index (χ1) is 13.1. The molecule has 0 radical (unpaired) electrons. The van der Waals surface area contributed by atoms with E-state index >= 15 is 0 Å². The summed E-state index contributed by atoms with van der Waals surface area (Å²) in [6.07, 6.45) is 4.76. The highest BCUT2D eigenvalue weighted by molar-refractivity contribution is 7.15. The molecule has 4 aromatic rings. The summed E-state index contributed by atoms with van der Waals surface area (Å²) >= 11 is 15.2. The minimum atomic E-state index is -0.483. The molecular formula is C18H11Cl2N3O2S2. The second-order valence-corrected chi connectivity index (χ2v) is 7.90. The third-order valence-electron chi connectivity index (χ3n) is 3.65. The lowest BCUT2D eigenvalue weighted by Crippen LogP contribution is -2.01. The zero-order valence-corrected chi connectivity index (χ0v) is 16.8. The predicted molar refractivity (Wildman–Crippen MR) is 109 cm³/mol. The molecule has 0 spiro atoms. The summed E-state index contributed by atoms with van der Waals surface area (Å²) in [5.74, 6) is -0.483. The van der Waals surface area contributed by atoms with Gasteiger partial charge in [0.2, 0.25) is 0 Å². The molecule has 0 aliphatic heterocycles. The fourth-order valence-electron chi connectivity index (χ4n) is 2.40. The first-order valence-electron chi connectivity index (χ1n) is 7.77. The lowest BCUT2D eigenvalue weighted by Gasteiger charge is -2.00. The summed E-state index contributed by atoms with van der Waals surface area (Å²) in [5.41, 5.74) is 2.16. The predicted octanol–water partition coefficient (Wildman–Crippen LogP) is 5.58. The maximum Gasteiger partial charge on any atom is 0.331 e. The third-order valence-corrected chi connectivity index (χ3v) is 5.94. The molecule has 0 aliphatic carbocycles. The van der Waals surface area contributed by atoms with Gasteiger partial charge in [-0.3, -0.25) is 4.40 Å². The highest BCUT2D eigenvalue weighted by Gasteiger charge is 2.11. The zero-order valence-electron chi connectivity index (χ0n) is 13.6. The van der Waals surface area contributed by atoms with Gasteiger partial charge in [-0.2, -0.15) is 0 Å². The Bertz CT molecular complexity index is 1150. The van der Waals surface area contributed by atoms with Crippen LogP contribution in [0.5, 0.6) is 0 Å². The van der Waals surface area contributed by atoms with E-state index in [1.807, 2.05) is 45.6 Å². The van der Waals surface area contributed by atoms with Gasteiger partial charge in [0.05, 0.1) is 16.4 Å². The van der Waals surface area contributed by atoms with E-state index in [1.165, 1.54) is 28.7 Å². The van der Waals surface area contributed by atoms with Crippen molar-refractivity contribution in [2.45, 2.75) is 6.61 Å². The average molecular weight is 436 g/mol. The van der Waals surface area contributed by atoms with Crippen LogP contribution in [0, 0.1) is 0 Å². The molecule has 27 heavy (non-hydrogen) atoms. The van der Waals surface area contributed by atoms with Crippen LogP contribution in [0.15, 0.2) is 47.3 Å². The molecule has 136 valence electrons. The van der Waals surface area contributed by atoms with Crippen LogP contribution < -0.4 is 0 Å². The number of rotatable bonds is 5. The van der Waals surface area contributed by atoms with E-state index in [-0.39, 0.29) is 6.61 Å². The monoisotopic (exact) mass is 435 g/mol. The van der Waals surface area contributed by atoms with Gasteiger partial charge in [0.25, 0.3) is 0 Å². The molecular weight excluding hydrogens is 425 g/mol. The molecule has 0 amide bonds. The van der Waals surface area contributed by atoms with Crippen molar-refractivity contribution in [1.82, 2.24) is 14.4 Å². The van der Waals surface area contributed by atoms with Gasteiger partial charge in [-0.15, -0.1) is 22.7 Å². The molecule has 5 nitrogen and oxygen atoms in total. The van der Waals surface area contributed by atoms with Crippen molar-refractivity contribution in [1.29, 1.82) is 0 Å². The number of imidazole rings is 1. The standard InChI is InChI=1S/C18H11Cl2N3O2S2/c19-13-4-2-1-3-12(13)17-21-11(10-27-17)9-25-15(24)6-5-14-16(20)22-18-23(14)7-8-26-18/h1-8,10H,9H2/b6-5-. The Hall–Kier alpha value is -2.19. The summed E-state index contributed by atoms with van der Waals surface area (Å²) in [5, 5.41) is 5.50. The van der Waals surface area contributed by atoms with Crippen molar-refractivity contribution >= 4 is 62.9 Å². The number of fused-ring (bicyclic) bond motifs is 1. The fraction of sp³-hybridized carbons (Fsp3) is 0.0556. The van der Waals surface area contributed by atoms with E-state index in [0.29, 0.717) is 21.6 Å². The Morgan fingerprint density at radius 3 is 2.93 bits per heavy atom. The molecule has 0 atom stereocenters. The van der Waals surface area contributed by atoms with Crippen molar-refractivity contribution in [3.8, 4) is 10.6 Å². The van der Waals surface area contributed by atoms with E-state index < -0.39 is 5.97 Å². The number of halogens is 2. The molecule has 0 aliphatic rings. The molecule has 0 saturated heterocycles. The number of thiazole rings is 2. The average Bonchev–Trinajstić information content (AvgIpc) is 3.35. The van der Waals surface area contributed by atoms with Gasteiger partial charge in [0, 0.05) is 28.6 Å². The van der Waals surface area contributed by atoms with Gasteiger partial charge in [0.1, 0.15) is 11.6 Å². The number of hydrogen-bond donors (Lipinski definition) is 0. The quantitative estimate of drug-likeness (QED) is 0.303. The first kappa shape index (κ1) is 18.2. The minimum absolute atomic E-state index is 0.0815. The van der Waals surface area contributed by atoms with Gasteiger partial charge in [-0.1, -0.05) is 41.4 Å². The molecule has 0 bridgehead atoms. The van der Waals surface area contributed by atoms with E-state index in [4.69, 9.17) is 27.9 Å². The largest absolute Gasteiger partial charge is 0.456 e. The van der Waals surface area contributed by atoms with Crippen LogP contribution in [0.25, 0.3) is 21.6 Å². The van der Waals surface area contributed by atoms with Gasteiger partial charge in [-0.05, 0) is 12.1 Å². The normalized spacial score (nSPS) is 11.5. The molecule has 9 heteroatoms. The fourth-order valence-corrected chi connectivity index (χ4v) is 4.53. The lowest BCUT2D eigenvalue weighted by atomic mass is 10.2. The summed E-state index contributed by atoms with van der Waals surface area (Å²) in [6, 6.07) is 7.49. The van der Waals surface area contributed by atoms with Crippen molar-refractivity contribution in [3.63, 3.8) is 0 Å². The summed E-state index contributed by atoms with van der Waals surface area (Å²) in [7, 11) is 0. The van der Waals surface area contributed by atoms with Crippen LogP contribution in [-0.2, 0) is 16.1 Å². The smallest absolute Gasteiger partial charge is 0.331 e. The molecule has 0 fully saturated rings. The van der Waals surface area contributed by atoms with E-state index in [0.717, 1.165) is 15.5 Å². The Labute approximate surface area is 172 Å². The molecule has 0 saturated carbocycles. The lowest BCUT2D eigenvalue weighted by molar-refractivity contribution is -0.139. The maximum absolute atomic E-state index is 12.0. The second kappa shape index (κ2) is 7.82. The van der Waals surface area contributed by atoms with Crippen LogP contribution in [-0.4, -0.2) is 20.3 Å². The summed E-state index contributed by atoms with van der Waals surface area (Å²) in [4.78, 5) is 21.4. The van der Waals surface area contributed by atoms with Crippen molar-refractivity contribution in [2.24, 2.45) is 0 Å². The van der Waals surface area contributed by atoms with Gasteiger partial charge in [0.15, 0.2) is 10.1 Å². The van der Waals surface area contributed by atoms with Crippen LogP contribution in [0.2, 0.25) is 10.2 Å². The van der Waals surface area contributed by atoms with E-state index in [2.05, 4.69) is 9.97 Å². The van der Waals surface area contributed by atoms with E-state index in [9.17, 15) is 4.79 Å². The molecule has 0 unspecified atom stereocenters. The van der Waals surface area contributed by atoms with Crippen molar-refractivity contribution < 1.29 is 9.53 Å². The van der Waals surface area contributed by atoms with Gasteiger partial charge in [-0.25, -0.2) is 14.8 Å². The third kappa shape index (κ3) is 3.91. The highest BCUT2D eigenvalue weighted by Crippen LogP contribution is 2.30. The number of carbonyl (C=O) groups excluding carboxylic acids is 1. The second-order valence-electron chi connectivity index (χ2n) is 5.41. The van der Waals surface area contributed by atoms with Crippen LogP contribution in [0.4, 0.5) is 0 Å². The number of ether oxygens (including phenoxy) is 1. The Kier molecular flexibility index (Phi) is 5.27. The number of carbonyl (C=O) groups is 1. The Balaban J connectivity index is 1.41. The number of nitrogens with zero attached hydrogens (tertiary/aromatic N) is 3. The first-order valence-corrected chi connectivity index (χ1v) is 10.3. The van der Waals surface area contributed by atoms with Crippen LogP contribution in [0.1, 0.15) is 11.4 Å². The topological polar surface area (TPSA) is 56.5 Å². The number of aromatic nitrogens is 3.